The van der Waals surface area contributed by atoms with Gasteiger partial charge < -0.3 is 15.8 Å². The van der Waals surface area contributed by atoms with E-state index < -0.39 is 21.3 Å². The van der Waals surface area contributed by atoms with E-state index >= 15 is 0 Å². The van der Waals surface area contributed by atoms with Crippen LogP contribution in [-0.4, -0.2) is 45.4 Å². The van der Waals surface area contributed by atoms with Crippen molar-refractivity contribution in [3.63, 3.8) is 0 Å². The summed E-state index contributed by atoms with van der Waals surface area (Å²) in [7, 11) is -3.16. The highest BCUT2D eigenvalue weighted by Crippen LogP contribution is 2.27. The van der Waals surface area contributed by atoms with Gasteiger partial charge in [-0.05, 0) is 13.0 Å². The molecule has 17 heavy (non-hydrogen) atoms. The molecule has 96 valence electrons. The molecule has 0 radical (unpaired) electrons. The third-order valence-electron chi connectivity index (χ3n) is 3.28. The number of hydrogen-bond donors (Lipinski definition) is 2. The Labute approximate surface area is 100 Å². The van der Waals surface area contributed by atoms with Crippen LogP contribution in [0.4, 0.5) is 0 Å². The molecule has 0 saturated carbocycles. The van der Waals surface area contributed by atoms with E-state index in [1.54, 1.807) is 6.92 Å². The van der Waals surface area contributed by atoms with Gasteiger partial charge in [0.2, 0.25) is 5.91 Å². The number of amides is 1. The number of carbonyl (C=O) groups is 1. The normalized spacial score (nSPS) is 39.4. The number of sulfone groups is 1. The average Bonchev–Trinajstić information content (AvgIpc) is 2.72. The number of ether oxygens (including phenoxy) is 1. The number of nitrogens with one attached hydrogen (secondary N) is 1. The van der Waals surface area contributed by atoms with E-state index in [1.807, 2.05) is 0 Å². The molecule has 1 amide bonds. The SMILES string of the molecule is CC1(C(=O)NC2C=CS(=O)(=O)C2)COCC1N. The lowest BCUT2D eigenvalue weighted by Gasteiger charge is -2.26. The number of carbonyl (C=O) groups excluding carboxylic acids is 1. The summed E-state index contributed by atoms with van der Waals surface area (Å²) in [5.74, 6) is -0.334. The molecule has 2 rings (SSSR count). The lowest BCUT2D eigenvalue weighted by Crippen LogP contribution is -2.52. The Kier molecular flexibility index (Phi) is 3.01. The number of nitrogens with two attached hydrogens (primary N) is 1. The molecule has 1 saturated heterocycles. The van der Waals surface area contributed by atoms with Crippen molar-refractivity contribution in [3.8, 4) is 0 Å². The topological polar surface area (TPSA) is 98.5 Å². The van der Waals surface area contributed by atoms with E-state index in [0.717, 1.165) is 5.41 Å². The van der Waals surface area contributed by atoms with Crippen molar-refractivity contribution in [2.24, 2.45) is 11.1 Å². The highest BCUT2D eigenvalue weighted by molar-refractivity contribution is 7.94. The average molecular weight is 260 g/mol. The Hall–Kier alpha value is -0.920. The van der Waals surface area contributed by atoms with Crippen molar-refractivity contribution < 1.29 is 17.9 Å². The lowest BCUT2D eigenvalue weighted by molar-refractivity contribution is -0.130. The molecular formula is C10H16N2O4S. The standard InChI is InChI=1S/C10H16N2O4S/c1-10(6-16-4-8(10)11)9(13)12-7-2-3-17(14,15)5-7/h2-3,7-8H,4-6,11H2,1H3,(H,12,13). The maximum absolute atomic E-state index is 12.0. The zero-order valence-corrected chi connectivity index (χ0v) is 10.4. The van der Waals surface area contributed by atoms with Gasteiger partial charge in [0.25, 0.3) is 0 Å². The van der Waals surface area contributed by atoms with E-state index in [4.69, 9.17) is 10.5 Å². The third kappa shape index (κ3) is 2.36. The Bertz CT molecular complexity index is 459. The van der Waals surface area contributed by atoms with Crippen LogP contribution in [0.2, 0.25) is 0 Å². The van der Waals surface area contributed by atoms with Crippen LogP contribution in [0.15, 0.2) is 11.5 Å². The molecule has 2 heterocycles. The first-order chi connectivity index (χ1) is 7.83. The first kappa shape index (κ1) is 12.5. The summed E-state index contributed by atoms with van der Waals surface area (Å²) in [6.07, 6.45) is 1.48. The molecule has 0 aromatic heterocycles. The van der Waals surface area contributed by atoms with Crippen LogP contribution in [0.3, 0.4) is 0 Å². The summed E-state index contributed by atoms with van der Waals surface area (Å²) in [4.78, 5) is 12.0. The fraction of sp³-hybridized carbons (Fsp3) is 0.700. The van der Waals surface area contributed by atoms with E-state index in [9.17, 15) is 13.2 Å². The number of rotatable bonds is 2. The molecule has 3 unspecified atom stereocenters. The molecule has 2 aliphatic rings. The van der Waals surface area contributed by atoms with Crippen molar-refractivity contribution >= 4 is 15.7 Å². The second-order valence-corrected chi connectivity index (χ2v) is 6.71. The fourth-order valence-electron chi connectivity index (χ4n) is 1.92. The van der Waals surface area contributed by atoms with E-state index in [2.05, 4.69) is 5.32 Å². The van der Waals surface area contributed by atoms with Gasteiger partial charge in [-0.3, -0.25) is 4.79 Å². The summed E-state index contributed by atoms with van der Waals surface area (Å²) < 4.78 is 27.6. The van der Waals surface area contributed by atoms with E-state index in [-0.39, 0.29) is 24.3 Å². The second kappa shape index (κ2) is 4.08. The van der Waals surface area contributed by atoms with E-state index in [0.29, 0.717) is 6.61 Å². The van der Waals surface area contributed by atoms with Crippen LogP contribution in [0, 0.1) is 5.41 Å². The molecule has 0 bridgehead atoms. The molecular weight excluding hydrogens is 244 g/mol. The third-order valence-corrected chi connectivity index (χ3v) is 4.68. The van der Waals surface area contributed by atoms with Crippen LogP contribution < -0.4 is 11.1 Å². The summed E-state index contributed by atoms with van der Waals surface area (Å²) in [6.45, 7) is 2.35. The van der Waals surface area contributed by atoms with Crippen molar-refractivity contribution in [1.82, 2.24) is 5.32 Å². The molecule has 2 aliphatic heterocycles. The van der Waals surface area contributed by atoms with Crippen LogP contribution in [0.5, 0.6) is 0 Å². The summed E-state index contributed by atoms with van der Waals surface area (Å²) in [5, 5.41) is 3.81. The highest BCUT2D eigenvalue weighted by atomic mass is 32.2. The highest BCUT2D eigenvalue weighted by Gasteiger charge is 2.45. The maximum Gasteiger partial charge on any atom is 0.230 e. The summed E-state index contributed by atoms with van der Waals surface area (Å²) in [6, 6.07) is -0.818. The minimum atomic E-state index is -3.16. The predicted octanol–water partition coefficient (Wildman–Crippen LogP) is -1.22. The minimum Gasteiger partial charge on any atom is -0.379 e. The van der Waals surface area contributed by atoms with Crippen molar-refractivity contribution in [1.29, 1.82) is 0 Å². The molecule has 0 aromatic rings. The van der Waals surface area contributed by atoms with Crippen LogP contribution in [0.1, 0.15) is 6.92 Å². The maximum atomic E-state index is 12.0. The van der Waals surface area contributed by atoms with Crippen LogP contribution >= 0.6 is 0 Å². The van der Waals surface area contributed by atoms with E-state index in [1.165, 1.54) is 6.08 Å². The molecule has 0 spiro atoms. The first-order valence-corrected chi connectivity index (χ1v) is 7.10. The Morgan fingerprint density at radius 1 is 1.59 bits per heavy atom. The molecule has 3 N–H and O–H groups in total. The minimum absolute atomic E-state index is 0.0785. The van der Waals surface area contributed by atoms with Gasteiger partial charge in [-0.15, -0.1) is 0 Å². The molecule has 1 fully saturated rings. The zero-order chi connectivity index (χ0) is 12.7. The number of hydrogen-bond acceptors (Lipinski definition) is 5. The zero-order valence-electron chi connectivity index (χ0n) is 9.55. The van der Waals surface area contributed by atoms with Gasteiger partial charge in [-0.25, -0.2) is 8.42 Å². The van der Waals surface area contributed by atoms with Gasteiger partial charge >= 0.3 is 0 Å². The van der Waals surface area contributed by atoms with Gasteiger partial charge in [0.15, 0.2) is 9.84 Å². The van der Waals surface area contributed by atoms with Gasteiger partial charge in [0.1, 0.15) is 0 Å². The molecule has 0 aromatic carbocycles. The smallest absolute Gasteiger partial charge is 0.230 e. The van der Waals surface area contributed by atoms with Crippen LogP contribution in [0.25, 0.3) is 0 Å². The molecule has 3 atom stereocenters. The quantitative estimate of drug-likeness (QED) is 0.648. The second-order valence-electron chi connectivity index (χ2n) is 4.78. The fourth-order valence-corrected chi connectivity index (χ4v) is 3.16. The predicted molar refractivity (Wildman–Crippen MR) is 61.8 cm³/mol. The van der Waals surface area contributed by atoms with Gasteiger partial charge in [0.05, 0.1) is 30.4 Å². The Morgan fingerprint density at radius 2 is 2.29 bits per heavy atom. The lowest BCUT2D eigenvalue weighted by atomic mass is 9.84. The Balaban J connectivity index is 2.01. The molecule has 7 heteroatoms. The van der Waals surface area contributed by atoms with Gasteiger partial charge in [-0.2, -0.15) is 0 Å². The first-order valence-electron chi connectivity index (χ1n) is 5.39. The Morgan fingerprint density at radius 3 is 2.76 bits per heavy atom. The van der Waals surface area contributed by atoms with Crippen molar-refractivity contribution in [3.05, 3.63) is 11.5 Å². The molecule has 6 nitrogen and oxygen atoms in total. The van der Waals surface area contributed by atoms with Crippen molar-refractivity contribution in [2.75, 3.05) is 19.0 Å². The van der Waals surface area contributed by atoms with Crippen LogP contribution in [-0.2, 0) is 19.4 Å². The van der Waals surface area contributed by atoms with Crippen molar-refractivity contribution in [2.45, 2.75) is 19.0 Å². The monoisotopic (exact) mass is 260 g/mol. The summed E-state index contributed by atoms with van der Waals surface area (Å²) in [5.41, 5.74) is 5.04. The largest absolute Gasteiger partial charge is 0.379 e. The van der Waals surface area contributed by atoms with Gasteiger partial charge in [0, 0.05) is 11.4 Å². The van der Waals surface area contributed by atoms with Gasteiger partial charge in [-0.1, -0.05) is 0 Å². The summed E-state index contributed by atoms with van der Waals surface area (Å²) >= 11 is 0. The molecule has 0 aliphatic carbocycles.